The van der Waals surface area contributed by atoms with Gasteiger partial charge < -0.3 is 15.5 Å². The molecule has 3 nitrogen and oxygen atoms in total. The molecule has 0 radical (unpaired) electrons. The molecule has 1 atom stereocenters. The molecule has 3 heteroatoms. The lowest BCUT2D eigenvalue weighted by atomic mass is 10.0. The number of nitrogens with zero attached hydrogens (tertiary/aromatic N) is 2. The third kappa shape index (κ3) is 2.14. The van der Waals surface area contributed by atoms with Crippen molar-refractivity contribution in [3.05, 3.63) is 23.8 Å². The maximum Gasteiger partial charge on any atom is 0.0604 e. The first-order valence-electron chi connectivity index (χ1n) is 5.88. The summed E-state index contributed by atoms with van der Waals surface area (Å²) in [6.45, 7) is 4.23. The maximum atomic E-state index is 5.84. The highest BCUT2D eigenvalue weighted by atomic mass is 15.2. The van der Waals surface area contributed by atoms with E-state index in [2.05, 4.69) is 49.0 Å². The molecule has 0 aliphatic carbocycles. The summed E-state index contributed by atoms with van der Waals surface area (Å²) in [6.07, 6.45) is 0.949. The minimum absolute atomic E-state index is 0.227. The van der Waals surface area contributed by atoms with Crippen molar-refractivity contribution >= 4 is 11.4 Å². The summed E-state index contributed by atoms with van der Waals surface area (Å²) in [6, 6.07) is 6.90. The Kier molecular flexibility index (Phi) is 3.06. The largest absolute Gasteiger partial charge is 0.371 e. The van der Waals surface area contributed by atoms with E-state index >= 15 is 0 Å². The van der Waals surface area contributed by atoms with E-state index in [1.54, 1.807) is 0 Å². The minimum Gasteiger partial charge on any atom is -0.371 e. The summed E-state index contributed by atoms with van der Waals surface area (Å²) in [5.41, 5.74) is 9.82. The molecule has 2 rings (SSSR count). The van der Waals surface area contributed by atoms with E-state index < -0.39 is 0 Å². The van der Waals surface area contributed by atoms with Crippen LogP contribution < -0.4 is 15.5 Å². The molecule has 1 unspecified atom stereocenters. The van der Waals surface area contributed by atoms with Crippen LogP contribution in [0.1, 0.15) is 12.5 Å². The molecule has 0 aromatic heterocycles. The molecule has 0 bridgehead atoms. The van der Waals surface area contributed by atoms with Gasteiger partial charge in [-0.25, -0.2) is 0 Å². The summed E-state index contributed by atoms with van der Waals surface area (Å²) >= 11 is 0. The number of fused-ring (bicyclic) bond motifs is 1. The number of benzene rings is 1. The van der Waals surface area contributed by atoms with Crippen LogP contribution in [0.3, 0.4) is 0 Å². The summed E-state index contributed by atoms with van der Waals surface area (Å²) in [7, 11) is 4.30. The number of nitrogens with two attached hydrogens (primary N) is 1. The standard InChI is InChI=1S/C13H21N3/c1-10(14)8-11-4-5-12-13(9-11)16(3)7-6-15(12)2/h4-5,9-10H,6-8,14H2,1-3H3. The smallest absolute Gasteiger partial charge is 0.0604 e. The summed E-state index contributed by atoms with van der Waals surface area (Å²) in [4.78, 5) is 4.63. The van der Waals surface area contributed by atoms with Gasteiger partial charge in [-0.2, -0.15) is 0 Å². The van der Waals surface area contributed by atoms with Crippen LogP contribution in [0, 0.1) is 0 Å². The van der Waals surface area contributed by atoms with Gasteiger partial charge in [-0.1, -0.05) is 6.07 Å². The van der Waals surface area contributed by atoms with Gasteiger partial charge in [0.1, 0.15) is 0 Å². The summed E-state index contributed by atoms with van der Waals surface area (Å²) < 4.78 is 0. The number of hydrogen-bond acceptors (Lipinski definition) is 3. The van der Waals surface area contributed by atoms with Crippen LogP contribution in [-0.4, -0.2) is 33.2 Å². The Morgan fingerprint density at radius 3 is 2.44 bits per heavy atom. The normalized spacial score (nSPS) is 17.2. The number of rotatable bonds is 2. The highest BCUT2D eigenvalue weighted by Gasteiger charge is 2.17. The number of anilines is 2. The second kappa shape index (κ2) is 4.34. The van der Waals surface area contributed by atoms with Gasteiger partial charge in [0.15, 0.2) is 0 Å². The van der Waals surface area contributed by atoms with E-state index in [1.165, 1.54) is 16.9 Å². The molecule has 1 heterocycles. The molecule has 1 aliphatic rings. The molecule has 0 fully saturated rings. The van der Waals surface area contributed by atoms with Crippen LogP contribution in [0.15, 0.2) is 18.2 Å². The Labute approximate surface area is 97.8 Å². The van der Waals surface area contributed by atoms with E-state index in [4.69, 9.17) is 5.73 Å². The molecular formula is C13H21N3. The zero-order valence-electron chi connectivity index (χ0n) is 10.4. The lowest BCUT2D eigenvalue weighted by molar-refractivity contribution is 0.735. The second-order valence-electron chi connectivity index (χ2n) is 4.85. The second-order valence-corrected chi connectivity index (χ2v) is 4.85. The SMILES string of the molecule is CC(N)Cc1ccc2c(c1)N(C)CCN2C. The van der Waals surface area contributed by atoms with Gasteiger partial charge >= 0.3 is 0 Å². The third-order valence-electron chi connectivity index (χ3n) is 3.19. The van der Waals surface area contributed by atoms with Crippen molar-refractivity contribution in [1.82, 2.24) is 0 Å². The maximum absolute atomic E-state index is 5.84. The van der Waals surface area contributed by atoms with E-state index in [0.717, 1.165) is 19.5 Å². The van der Waals surface area contributed by atoms with E-state index in [1.807, 2.05) is 0 Å². The van der Waals surface area contributed by atoms with Crippen molar-refractivity contribution in [3.63, 3.8) is 0 Å². The average molecular weight is 219 g/mol. The van der Waals surface area contributed by atoms with Gasteiger partial charge in [-0.05, 0) is 31.0 Å². The quantitative estimate of drug-likeness (QED) is 0.817. The zero-order chi connectivity index (χ0) is 11.7. The lowest BCUT2D eigenvalue weighted by Crippen LogP contribution is -2.36. The lowest BCUT2D eigenvalue weighted by Gasteiger charge is -2.35. The summed E-state index contributed by atoms with van der Waals surface area (Å²) in [5, 5.41) is 0. The molecule has 88 valence electrons. The van der Waals surface area contributed by atoms with Crippen LogP contribution in [0.2, 0.25) is 0 Å². The van der Waals surface area contributed by atoms with Crippen LogP contribution in [0.5, 0.6) is 0 Å². The van der Waals surface area contributed by atoms with Gasteiger partial charge in [0, 0.05) is 33.2 Å². The molecule has 1 aromatic carbocycles. The van der Waals surface area contributed by atoms with Crippen LogP contribution in [0.25, 0.3) is 0 Å². The fourth-order valence-corrected chi connectivity index (χ4v) is 2.24. The van der Waals surface area contributed by atoms with E-state index in [0.29, 0.717) is 0 Å². The molecular weight excluding hydrogens is 198 g/mol. The fraction of sp³-hybridized carbons (Fsp3) is 0.538. The highest BCUT2D eigenvalue weighted by Crippen LogP contribution is 2.32. The zero-order valence-corrected chi connectivity index (χ0v) is 10.4. The van der Waals surface area contributed by atoms with Crippen LogP contribution in [0.4, 0.5) is 11.4 Å². The minimum atomic E-state index is 0.227. The van der Waals surface area contributed by atoms with Gasteiger partial charge in [-0.15, -0.1) is 0 Å². The monoisotopic (exact) mass is 219 g/mol. The van der Waals surface area contributed by atoms with E-state index in [-0.39, 0.29) is 6.04 Å². The topological polar surface area (TPSA) is 32.5 Å². The number of likely N-dealkylation sites (N-methyl/N-ethyl adjacent to an activating group) is 2. The highest BCUT2D eigenvalue weighted by molar-refractivity contribution is 5.73. The molecule has 1 aliphatic heterocycles. The van der Waals surface area contributed by atoms with E-state index in [9.17, 15) is 0 Å². The first-order valence-corrected chi connectivity index (χ1v) is 5.88. The Bertz CT molecular complexity index is 373. The van der Waals surface area contributed by atoms with Crippen molar-refractivity contribution in [1.29, 1.82) is 0 Å². The van der Waals surface area contributed by atoms with Crippen molar-refractivity contribution in [3.8, 4) is 0 Å². The Morgan fingerprint density at radius 2 is 1.81 bits per heavy atom. The molecule has 1 aromatic rings. The van der Waals surface area contributed by atoms with Crippen molar-refractivity contribution in [2.75, 3.05) is 37.0 Å². The molecule has 16 heavy (non-hydrogen) atoms. The molecule has 0 saturated heterocycles. The molecule has 0 amide bonds. The average Bonchev–Trinajstić information content (AvgIpc) is 2.23. The first-order chi connectivity index (χ1) is 7.58. The molecule has 0 saturated carbocycles. The molecule has 2 N–H and O–H groups in total. The van der Waals surface area contributed by atoms with Gasteiger partial charge in [0.25, 0.3) is 0 Å². The predicted octanol–water partition coefficient (Wildman–Crippen LogP) is 1.46. The van der Waals surface area contributed by atoms with Gasteiger partial charge in [-0.3, -0.25) is 0 Å². The Hall–Kier alpha value is -1.22. The molecule has 0 spiro atoms. The third-order valence-corrected chi connectivity index (χ3v) is 3.19. The van der Waals surface area contributed by atoms with Crippen LogP contribution >= 0.6 is 0 Å². The van der Waals surface area contributed by atoms with Crippen molar-refractivity contribution < 1.29 is 0 Å². The Morgan fingerprint density at radius 1 is 1.19 bits per heavy atom. The van der Waals surface area contributed by atoms with Crippen molar-refractivity contribution in [2.24, 2.45) is 5.73 Å². The van der Waals surface area contributed by atoms with Gasteiger partial charge in [0.2, 0.25) is 0 Å². The fourth-order valence-electron chi connectivity index (χ4n) is 2.24. The Balaban J connectivity index is 2.32. The van der Waals surface area contributed by atoms with Crippen LogP contribution in [-0.2, 0) is 6.42 Å². The summed E-state index contributed by atoms with van der Waals surface area (Å²) in [5.74, 6) is 0. The predicted molar refractivity (Wildman–Crippen MR) is 70.3 cm³/mol. The van der Waals surface area contributed by atoms with Gasteiger partial charge in [0.05, 0.1) is 11.4 Å². The van der Waals surface area contributed by atoms with Crippen molar-refractivity contribution in [2.45, 2.75) is 19.4 Å². The number of hydrogen-bond donors (Lipinski definition) is 1. The first kappa shape index (κ1) is 11.3.